The fraction of sp³-hybridized carbons (Fsp3) is 0.214. The Balaban J connectivity index is 2.06. The van der Waals surface area contributed by atoms with Gasteiger partial charge in [0.25, 0.3) is 5.91 Å². The molecule has 0 saturated carbocycles. The van der Waals surface area contributed by atoms with E-state index in [0.717, 1.165) is 5.69 Å². The standard InChI is InChI=1S/C14H17N5O/c1-9(2)10-3-5-11(6-4-10)16-14(20)12-7-8-13(17-15)19-18-12/h3-9H,15H2,1-2H3,(H,16,20)(H,17,19). The van der Waals surface area contributed by atoms with E-state index in [-0.39, 0.29) is 11.6 Å². The summed E-state index contributed by atoms with van der Waals surface area (Å²) in [6.07, 6.45) is 0. The molecule has 6 nitrogen and oxygen atoms in total. The van der Waals surface area contributed by atoms with E-state index in [1.54, 1.807) is 12.1 Å². The lowest BCUT2D eigenvalue weighted by Gasteiger charge is -2.08. The average molecular weight is 271 g/mol. The molecular formula is C14H17N5O. The topological polar surface area (TPSA) is 92.9 Å². The van der Waals surface area contributed by atoms with Crippen LogP contribution in [0, 0.1) is 0 Å². The van der Waals surface area contributed by atoms with Gasteiger partial charge in [-0.2, -0.15) is 0 Å². The number of benzene rings is 1. The third-order valence-electron chi connectivity index (χ3n) is 2.88. The first-order chi connectivity index (χ1) is 9.60. The quantitative estimate of drug-likeness (QED) is 0.585. The Labute approximate surface area is 117 Å². The third-order valence-corrected chi connectivity index (χ3v) is 2.88. The van der Waals surface area contributed by atoms with Crippen LogP contribution in [0.3, 0.4) is 0 Å². The zero-order valence-electron chi connectivity index (χ0n) is 11.4. The molecule has 6 heteroatoms. The van der Waals surface area contributed by atoms with Gasteiger partial charge in [0.2, 0.25) is 0 Å². The van der Waals surface area contributed by atoms with Gasteiger partial charge in [0, 0.05) is 5.69 Å². The van der Waals surface area contributed by atoms with Crippen LogP contribution in [0.5, 0.6) is 0 Å². The minimum atomic E-state index is -0.307. The van der Waals surface area contributed by atoms with E-state index in [0.29, 0.717) is 11.7 Å². The molecule has 1 aromatic heterocycles. The van der Waals surface area contributed by atoms with Crippen molar-refractivity contribution in [3.63, 3.8) is 0 Å². The Morgan fingerprint density at radius 1 is 1.10 bits per heavy atom. The van der Waals surface area contributed by atoms with E-state index >= 15 is 0 Å². The number of aromatic nitrogens is 2. The van der Waals surface area contributed by atoms with Crippen molar-refractivity contribution in [1.29, 1.82) is 0 Å². The van der Waals surface area contributed by atoms with E-state index in [9.17, 15) is 4.79 Å². The first kappa shape index (κ1) is 14.0. The molecule has 0 saturated heterocycles. The van der Waals surface area contributed by atoms with Gasteiger partial charge in [0.05, 0.1) is 0 Å². The second kappa shape index (κ2) is 6.12. The highest BCUT2D eigenvalue weighted by atomic mass is 16.1. The highest BCUT2D eigenvalue weighted by molar-refractivity contribution is 6.02. The highest BCUT2D eigenvalue weighted by Crippen LogP contribution is 2.17. The summed E-state index contributed by atoms with van der Waals surface area (Å²) >= 11 is 0. The molecule has 1 heterocycles. The zero-order valence-corrected chi connectivity index (χ0v) is 11.4. The molecule has 0 aliphatic heterocycles. The second-order valence-corrected chi connectivity index (χ2v) is 4.68. The smallest absolute Gasteiger partial charge is 0.276 e. The average Bonchev–Trinajstić information content (AvgIpc) is 2.48. The number of rotatable bonds is 4. The molecule has 20 heavy (non-hydrogen) atoms. The van der Waals surface area contributed by atoms with Crippen molar-refractivity contribution in [2.75, 3.05) is 10.7 Å². The number of anilines is 2. The zero-order chi connectivity index (χ0) is 14.5. The number of carbonyl (C=O) groups is 1. The minimum absolute atomic E-state index is 0.233. The van der Waals surface area contributed by atoms with Crippen LogP contribution in [0.2, 0.25) is 0 Å². The van der Waals surface area contributed by atoms with Gasteiger partial charge in [-0.05, 0) is 35.7 Å². The second-order valence-electron chi connectivity index (χ2n) is 4.68. The molecule has 0 fully saturated rings. The summed E-state index contributed by atoms with van der Waals surface area (Å²) in [5.41, 5.74) is 4.54. The van der Waals surface area contributed by atoms with E-state index in [2.05, 4.69) is 34.8 Å². The van der Waals surface area contributed by atoms with E-state index in [4.69, 9.17) is 5.84 Å². The number of nitrogen functional groups attached to an aromatic ring is 1. The van der Waals surface area contributed by atoms with E-state index in [1.807, 2.05) is 24.3 Å². The molecule has 0 atom stereocenters. The molecule has 0 radical (unpaired) electrons. The molecule has 104 valence electrons. The molecule has 4 N–H and O–H groups in total. The van der Waals surface area contributed by atoms with Gasteiger partial charge in [-0.3, -0.25) is 4.79 Å². The summed E-state index contributed by atoms with van der Waals surface area (Å²) < 4.78 is 0. The van der Waals surface area contributed by atoms with Crippen LogP contribution in [0.15, 0.2) is 36.4 Å². The van der Waals surface area contributed by atoms with Crippen molar-refractivity contribution in [1.82, 2.24) is 10.2 Å². The summed E-state index contributed by atoms with van der Waals surface area (Å²) in [6, 6.07) is 10.9. The van der Waals surface area contributed by atoms with Crippen LogP contribution in [0.4, 0.5) is 11.5 Å². The monoisotopic (exact) mass is 271 g/mol. The first-order valence-corrected chi connectivity index (χ1v) is 6.32. The van der Waals surface area contributed by atoms with Crippen molar-refractivity contribution >= 4 is 17.4 Å². The van der Waals surface area contributed by atoms with Gasteiger partial charge in [-0.15, -0.1) is 10.2 Å². The maximum Gasteiger partial charge on any atom is 0.276 e. The molecule has 0 aliphatic carbocycles. The summed E-state index contributed by atoms with van der Waals surface area (Å²) in [5.74, 6) is 5.74. The van der Waals surface area contributed by atoms with Crippen molar-refractivity contribution in [2.24, 2.45) is 5.84 Å². The molecular weight excluding hydrogens is 254 g/mol. The molecule has 1 amide bonds. The van der Waals surface area contributed by atoms with Crippen LogP contribution >= 0.6 is 0 Å². The highest BCUT2D eigenvalue weighted by Gasteiger charge is 2.08. The Hall–Kier alpha value is -2.47. The van der Waals surface area contributed by atoms with Crippen LogP contribution in [0.25, 0.3) is 0 Å². The van der Waals surface area contributed by atoms with E-state index in [1.165, 1.54) is 5.56 Å². The van der Waals surface area contributed by atoms with Gasteiger partial charge < -0.3 is 10.7 Å². The molecule has 2 rings (SSSR count). The van der Waals surface area contributed by atoms with Crippen LogP contribution < -0.4 is 16.6 Å². The van der Waals surface area contributed by atoms with E-state index < -0.39 is 0 Å². The predicted molar refractivity (Wildman–Crippen MR) is 78.3 cm³/mol. The summed E-state index contributed by atoms with van der Waals surface area (Å²) in [6.45, 7) is 4.24. The number of carbonyl (C=O) groups excluding carboxylic acids is 1. The molecule has 0 spiro atoms. The van der Waals surface area contributed by atoms with Crippen LogP contribution in [0.1, 0.15) is 35.8 Å². The molecule has 1 aromatic carbocycles. The lowest BCUT2D eigenvalue weighted by atomic mass is 10.0. The van der Waals surface area contributed by atoms with Gasteiger partial charge in [0.1, 0.15) is 0 Å². The molecule has 2 aromatic rings. The lowest BCUT2D eigenvalue weighted by molar-refractivity contribution is 0.102. The predicted octanol–water partition coefficient (Wildman–Crippen LogP) is 2.14. The van der Waals surface area contributed by atoms with Crippen molar-refractivity contribution < 1.29 is 4.79 Å². The van der Waals surface area contributed by atoms with Gasteiger partial charge in [-0.25, -0.2) is 5.84 Å². The Morgan fingerprint density at radius 2 is 1.80 bits per heavy atom. The van der Waals surface area contributed by atoms with Crippen LogP contribution in [-0.2, 0) is 0 Å². The van der Waals surface area contributed by atoms with Crippen LogP contribution in [-0.4, -0.2) is 16.1 Å². The van der Waals surface area contributed by atoms with Crippen molar-refractivity contribution in [2.45, 2.75) is 19.8 Å². The number of nitrogens with one attached hydrogen (secondary N) is 2. The summed E-state index contributed by atoms with van der Waals surface area (Å²) in [5, 5.41) is 10.3. The van der Waals surface area contributed by atoms with Gasteiger partial charge >= 0.3 is 0 Å². The Bertz CT molecular complexity index is 578. The first-order valence-electron chi connectivity index (χ1n) is 6.32. The minimum Gasteiger partial charge on any atom is -0.321 e. The SMILES string of the molecule is CC(C)c1ccc(NC(=O)c2ccc(NN)nn2)cc1. The number of amides is 1. The van der Waals surface area contributed by atoms with Gasteiger partial charge in [-0.1, -0.05) is 26.0 Å². The molecule has 0 unspecified atom stereocenters. The number of hydrogen-bond donors (Lipinski definition) is 3. The molecule has 0 aliphatic rings. The number of nitrogens with two attached hydrogens (primary N) is 1. The summed E-state index contributed by atoms with van der Waals surface area (Å²) in [7, 11) is 0. The summed E-state index contributed by atoms with van der Waals surface area (Å²) in [4.78, 5) is 12.0. The maximum absolute atomic E-state index is 12.0. The van der Waals surface area contributed by atoms with Gasteiger partial charge in [0.15, 0.2) is 11.5 Å². The number of hydrogen-bond acceptors (Lipinski definition) is 5. The lowest BCUT2D eigenvalue weighted by Crippen LogP contribution is -2.16. The molecule has 0 bridgehead atoms. The number of hydrazine groups is 1. The number of nitrogens with zero attached hydrogens (tertiary/aromatic N) is 2. The normalized spacial score (nSPS) is 10.4. The van der Waals surface area contributed by atoms with Crippen molar-refractivity contribution in [3.8, 4) is 0 Å². The Kier molecular flexibility index (Phi) is 4.27. The fourth-order valence-corrected chi connectivity index (χ4v) is 1.68. The maximum atomic E-state index is 12.0. The largest absolute Gasteiger partial charge is 0.321 e. The van der Waals surface area contributed by atoms with Crippen molar-refractivity contribution in [3.05, 3.63) is 47.7 Å². The fourth-order valence-electron chi connectivity index (χ4n) is 1.68. The Morgan fingerprint density at radius 3 is 2.30 bits per heavy atom. The third kappa shape index (κ3) is 3.30.